The molecule has 1 heterocycles. The van der Waals surface area contributed by atoms with Gasteiger partial charge in [0.25, 0.3) is 0 Å². The normalized spacial score (nSPS) is 24.3. The number of carbonyl (C=O) groups excluding carboxylic acids is 1. The molecule has 2 amide bonds. The van der Waals surface area contributed by atoms with E-state index in [0.29, 0.717) is 17.8 Å². The molecule has 2 aliphatic rings. The Bertz CT molecular complexity index is 437. The van der Waals surface area contributed by atoms with E-state index in [4.69, 9.17) is 10.8 Å². The fourth-order valence-electron chi connectivity index (χ4n) is 1.66. The highest BCUT2D eigenvalue weighted by molar-refractivity contribution is 6.18. The molecule has 2 rings (SSSR count). The fourth-order valence-corrected chi connectivity index (χ4v) is 1.66. The van der Waals surface area contributed by atoms with E-state index in [1.165, 1.54) is 0 Å². The van der Waals surface area contributed by atoms with E-state index in [0.717, 1.165) is 0 Å². The number of aliphatic carboxylic acids is 1. The molecule has 6 nitrogen and oxygen atoms in total. The minimum absolute atomic E-state index is 0.0848. The third-order valence-electron chi connectivity index (χ3n) is 2.46. The Hall–Kier alpha value is -1.95. The summed E-state index contributed by atoms with van der Waals surface area (Å²) < 4.78 is 0. The number of carboxylic acids is 1. The molecule has 0 fully saturated rings. The predicted molar refractivity (Wildman–Crippen MR) is 56.9 cm³/mol. The van der Waals surface area contributed by atoms with Gasteiger partial charge in [0.1, 0.15) is 6.04 Å². The van der Waals surface area contributed by atoms with E-state index in [9.17, 15) is 9.59 Å². The van der Waals surface area contributed by atoms with Crippen LogP contribution in [-0.4, -0.2) is 28.9 Å². The third-order valence-corrected chi connectivity index (χ3v) is 2.46. The first-order valence-corrected chi connectivity index (χ1v) is 4.84. The number of fused-ring (bicyclic) bond motifs is 1. The van der Waals surface area contributed by atoms with Crippen LogP contribution in [0, 0.1) is 5.92 Å². The van der Waals surface area contributed by atoms with Crippen LogP contribution in [-0.2, 0) is 4.79 Å². The zero-order valence-corrected chi connectivity index (χ0v) is 8.38. The van der Waals surface area contributed by atoms with Gasteiger partial charge in [-0.05, 0) is 18.4 Å². The number of hydrogen-bond donors (Lipinski definition) is 3. The lowest BCUT2D eigenvalue weighted by atomic mass is 9.94. The summed E-state index contributed by atoms with van der Waals surface area (Å²) in [7, 11) is 0. The number of urea groups is 1. The van der Waals surface area contributed by atoms with Crippen LogP contribution < -0.4 is 11.1 Å². The SMILES string of the molecule is NC(CC1C=CC2=NC(=O)NC2=C1)C(=O)O. The van der Waals surface area contributed by atoms with Crippen molar-refractivity contribution in [2.24, 2.45) is 16.6 Å². The molecular formula is C10H11N3O3. The fraction of sp³-hybridized carbons (Fsp3) is 0.300. The summed E-state index contributed by atoms with van der Waals surface area (Å²) in [5.41, 5.74) is 6.65. The lowest BCUT2D eigenvalue weighted by Gasteiger charge is -2.15. The second-order valence-electron chi connectivity index (χ2n) is 3.71. The molecule has 4 N–H and O–H groups in total. The summed E-state index contributed by atoms with van der Waals surface area (Å²) in [6.45, 7) is 0. The smallest absolute Gasteiger partial charge is 0.346 e. The van der Waals surface area contributed by atoms with Gasteiger partial charge in [0.15, 0.2) is 0 Å². The summed E-state index contributed by atoms with van der Waals surface area (Å²) in [6, 6.07) is -1.30. The molecule has 2 atom stereocenters. The second kappa shape index (κ2) is 3.90. The number of carboxylic acid groups (broad SMARTS) is 1. The van der Waals surface area contributed by atoms with Crippen LogP contribution in [0.2, 0.25) is 0 Å². The van der Waals surface area contributed by atoms with Gasteiger partial charge < -0.3 is 16.2 Å². The van der Waals surface area contributed by atoms with Crippen molar-refractivity contribution in [3.8, 4) is 0 Å². The Balaban J connectivity index is 2.07. The molecule has 0 radical (unpaired) electrons. The number of rotatable bonds is 3. The van der Waals surface area contributed by atoms with E-state index < -0.39 is 18.0 Å². The van der Waals surface area contributed by atoms with Gasteiger partial charge in [-0.2, -0.15) is 4.99 Å². The molecule has 84 valence electrons. The summed E-state index contributed by atoms with van der Waals surface area (Å²) in [4.78, 5) is 25.3. The van der Waals surface area contributed by atoms with E-state index in [-0.39, 0.29) is 5.92 Å². The Labute approximate surface area is 91.5 Å². The minimum Gasteiger partial charge on any atom is -0.480 e. The molecule has 0 bridgehead atoms. The van der Waals surface area contributed by atoms with Gasteiger partial charge in [-0.15, -0.1) is 0 Å². The molecule has 1 aliphatic carbocycles. The van der Waals surface area contributed by atoms with Gasteiger partial charge in [0.2, 0.25) is 0 Å². The van der Waals surface area contributed by atoms with Gasteiger partial charge in [0.05, 0.1) is 11.4 Å². The first kappa shape index (κ1) is 10.6. The number of allylic oxidation sites excluding steroid dienone is 3. The molecular weight excluding hydrogens is 210 g/mol. The standard InChI is InChI=1S/C10H11N3O3/c11-6(9(14)15)3-5-1-2-7-8(4-5)13-10(16)12-7/h1-2,4-6H,3,11H2,(H,13,16)(H,14,15). The molecule has 0 saturated heterocycles. The number of carbonyl (C=O) groups is 2. The van der Waals surface area contributed by atoms with Crippen LogP contribution in [0.5, 0.6) is 0 Å². The van der Waals surface area contributed by atoms with Crippen LogP contribution in [0.25, 0.3) is 0 Å². The lowest BCUT2D eigenvalue weighted by molar-refractivity contribution is -0.138. The predicted octanol–water partition coefficient (Wildman–Crippen LogP) is 0.0225. The topological polar surface area (TPSA) is 105 Å². The van der Waals surface area contributed by atoms with Crippen LogP contribution in [0.3, 0.4) is 0 Å². The average Bonchev–Trinajstić information content (AvgIpc) is 2.57. The number of amides is 2. The zero-order chi connectivity index (χ0) is 11.7. The molecule has 0 saturated carbocycles. The molecule has 2 unspecified atom stereocenters. The number of aliphatic imine (C=N–C) groups is 1. The van der Waals surface area contributed by atoms with Crippen molar-refractivity contribution in [2.75, 3.05) is 0 Å². The van der Waals surface area contributed by atoms with Crippen molar-refractivity contribution in [3.63, 3.8) is 0 Å². The molecule has 0 spiro atoms. The molecule has 0 aromatic rings. The highest BCUT2D eigenvalue weighted by Gasteiger charge is 2.24. The Morgan fingerprint density at radius 2 is 2.44 bits per heavy atom. The maximum atomic E-state index is 11.0. The molecule has 0 aromatic carbocycles. The number of hydrogen-bond acceptors (Lipinski definition) is 3. The van der Waals surface area contributed by atoms with Gasteiger partial charge in [-0.25, -0.2) is 4.79 Å². The zero-order valence-electron chi connectivity index (χ0n) is 8.38. The van der Waals surface area contributed by atoms with E-state index in [1.807, 2.05) is 0 Å². The maximum absolute atomic E-state index is 11.0. The van der Waals surface area contributed by atoms with Gasteiger partial charge >= 0.3 is 12.0 Å². The summed E-state index contributed by atoms with van der Waals surface area (Å²) >= 11 is 0. The van der Waals surface area contributed by atoms with Crippen molar-refractivity contribution in [2.45, 2.75) is 12.5 Å². The highest BCUT2D eigenvalue weighted by Crippen LogP contribution is 2.20. The Morgan fingerprint density at radius 1 is 1.69 bits per heavy atom. The van der Waals surface area contributed by atoms with Gasteiger partial charge in [-0.1, -0.05) is 12.2 Å². The largest absolute Gasteiger partial charge is 0.480 e. The first-order chi connectivity index (χ1) is 7.56. The summed E-state index contributed by atoms with van der Waals surface area (Å²) in [5.74, 6) is -1.11. The van der Waals surface area contributed by atoms with Crippen LogP contribution in [0.4, 0.5) is 4.79 Å². The lowest BCUT2D eigenvalue weighted by Crippen LogP contribution is -2.32. The monoisotopic (exact) mass is 221 g/mol. The summed E-state index contributed by atoms with van der Waals surface area (Å²) in [6.07, 6.45) is 5.57. The van der Waals surface area contributed by atoms with Crippen molar-refractivity contribution in [1.29, 1.82) is 0 Å². The van der Waals surface area contributed by atoms with Gasteiger partial charge in [0, 0.05) is 0 Å². The van der Waals surface area contributed by atoms with E-state index in [2.05, 4.69) is 10.3 Å². The van der Waals surface area contributed by atoms with Gasteiger partial charge in [-0.3, -0.25) is 4.79 Å². The molecule has 16 heavy (non-hydrogen) atoms. The van der Waals surface area contributed by atoms with Crippen LogP contribution in [0.1, 0.15) is 6.42 Å². The quantitative estimate of drug-likeness (QED) is 0.624. The van der Waals surface area contributed by atoms with Crippen molar-refractivity contribution in [1.82, 2.24) is 5.32 Å². The van der Waals surface area contributed by atoms with E-state index in [1.54, 1.807) is 18.2 Å². The number of nitrogens with two attached hydrogens (primary N) is 1. The maximum Gasteiger partial charge on any atom is 0.346 e. The number of nitrogens with zero attached hydrogens (tertiary/aromatic N) is 1. The average molecular weight is 221 g/mol. The molecule has 6 heteroatoms. The third kappa shape index (κ3) is 2.01. The van der Waals surface area contributed by atoms with Crippen molar-refractivity contribution < 1.29 is 14.7 Å². The van der Waals surface area contributed by atoms with Crippen LogP contribution in [0.15, 0.2) is 28.9 Å². The van der Waals surface area contributed by atoms with Crippen molar-refractivity contribution >= 4 is 17.7 Å². The van der Waals surface area contributed by atoms with Crippen LogP contribution >= 0.6 is 0 Å². The molecule has 0 aromatic heterocycles. The van der Waals surface area contributed by atoms with E-state index >= 15 is 0 Å². The Kier molecular flexibility index (Phi) is 2.57. The Morgan fingerprint density at radius 3 is 3.12 bits per heavy atom. The number of nitrogens with one attached hydrogen (secondary N) is 1. The van der Waals surface area contributed by atoms with Crippen molar-refractivity contribution in [3.05, 3.63) is 23.9 Å². The minimum atomic E-state index is -1.03. The second-order valence-corrected chi connectivity index (χ2v) is 3.71. The highest BCUT2D eigenvalue weighted by atomic mass is 16.4. The molecule has 1 aliphatic heterocycles. The summed E-state index contributed by atoms with van der Waals surface area (Å²) in [5, 5.41) is 11.2. The first-order valence-electron chi connectivity index (χ1n) is 4.84.